The lowest BCUT2D eigenvalue weighted by Gasteiger charge is -2.36. The van der Waals surface area contributed by atoms with Gasteiger partial charge < -0.3 is 14.2 Å². The maximum Gasteiger partial charge on any atom is 0.254 e. The van der Waals surface area contributed by atoms with Crippen molar-refractivity contribution in [3.63, 3.8) is 0 Å². The molecule has 7 nitrogen and oxygen atoms in total. The van der Waals surface area contributed by atoms with Crippen LogP contribution >= 0.6 is 0 Å². The first kappa shape index (κ1) is 18.1. The Morgan fingerprint density at radius 3 is 2.28 bits per heavy atom. The van der Waals surface area contributed by atoms with Crippen molar-refractivity contribution in [2.24, 2.45) is 0 Å². The molecule has 3 heterocycles. The maximum atomic E-state index is 12.6. The van der Waals surface area contributed by atoms with Gasteiger partial charge in [0.25, 0.3) is 11.5 Å². The van der Waals surface area contributed by atoms with E-state index in [0.717, 1.165) is 65.6 Å². The number of pyridine rings is 1. The Morgan fingerprint density at radius 2 is 1.68 bits per heavy atom. The molecule has 2 fully saturated rings. The molecule has 0 unspecified atom stereocenters. The van der Waals surface area contributed by atoms with Crippen LogP contribution in [0.5, 0.6) is 0 Å². The normalized spacial score (nSPS) is 20.0. The van der Waals surface area contributed by atoms with E-state index in [9.17, 15) is 9.59 Å². The molecule has 0 N–H and O–H groups in total. The summed E-state index contributed by atoms with van der Waals surface area (Å²) in [4.78, 5) is 31.2. The molecule has 2 saturated heterocycles. The van der Waals surface area contributed by atoms with Crippen LogP contribution in [0.25, 0.3) is 0 Å². The minimum absolute atomic E-state index is 0.0341. The quantitative estimate of drug-likeness (QED) is 0.747. The fourth-order valence-electron chi connectivity index (χ4n) is 3.37. The Bertz CT molecular complexity index is 631. The number of ether oxygens (including phenoxy) is 1. The van der Waals surface area contributed by atoms with Crippen molar-refractivity contribution in [3.8, 4) is 0 Å². The highest BCUT2D eigenvalue weighted by Crippen LogP contribution is 2.08. The maximum absolute atomic E-state index is 12.6. The van der Waals surface area contributed by atoms with Crippen LogP contribution in [0.15, 0.2) is 23.1 Å². The largest absolute Gasteiger partial charge is 0.379 e. The van der Waals surface area contributed by atoms with E-state index in [1.165, 1.54) is 6.07 Å². The number of aromatic nitrogens is 1. The molecule has 7 heteroatoms. The van der Waals surface area contributed by atoms with E-state index < -0.39 is 0 Å². The summed E-state index contributed by atoms with van der Waals surface area (Å²) in [5.74, 6) is -0.0341. The summed E-state index contributed by atoms with van der Waals surface area (Å²) in [7, 11) is 0. The van der Waals surface area contributed by atoms with Gasteiger partial charge in [0, 0.05) is 76.7 Å². The monoisotopic (exact) mass is 348 g/mol. The van der Waals surface area contributed by atoms with E-state index in [1.807, 2.05) is 11.8 Å². The molecule has 0 aromatic carbocycles. The lowest BCUT2D eigenvalue weighted by atomic mass is 10.2. The number of carbonyl (C=O) groups is 1. The number of aryl methyl sites for hydroxylation is 1. The van der Waals surface area contributed by atoms with Crippen LogP contribution in [0.4, 0.5) is 0 Å². The Labute approximate surface area is 148 Å². The summed E-state index contributed by atoms with van der Waals surface area (Å²) < 4.78 is 6.97. The molecule has 1 amide bonds. The molecule has 2 aliphatic rings. The summed E-state index contributed by atoms with van der Waals surface area (Å²) in [6.07, 6.45) is 1.70. The molecule has 1 aromatic heterocycles. The van der Waals surface area contributed by atoms with Crippen LogP contribution < -0.4 is 5.56 Å². The minimum atomic E-state index is -0.113. The molecule has 0 saturated carbocycles. The zero-order valence-corrected chi connectivity index (χ0v) is 15.0. The number of nitrogens with zero attached hydrogens (tertiary/aromatic N) is 4. The third-order valence-corrected chi connectivity index (χ3v) is 5.08. The number of morpholine rings is 1. The number of piperazine rings is 1. The van der Waals surface area contributed by atoms with Crippen molar-refractivity contribution < 1.29 is 9.53 Å². The van der Waals surface area contributed by atoms with Crippen molar-refractivity contribution in [2.45, 2.75) is 13.5 Å². The number of rotatable bonds is 5. The second-order valence-corrected chi connectivity index (χ2v) is 6.63. The lowest BCUT2D eigenvalue weighted by Crippen LogP contribution is -2.51. The topological polar surface area (TPSA) is 58.0 Å². The highest BCUT2D eigenvalue weighted by Gasteiger charge is 2.23. The van der Waals surface area contributed by atoms with Gasteiger partial charge in [0.2, 0.25) is 0 Å². The molecule has 138 valence electrons. The van der Waals surface area contributed by atoms with E-state index in [-0.39, 0.29) is 11.5 Å². The fourth-order valence-corrected chi connectivity index (χ4v) is 3.37. The van der Waals surface area contributed by atoms with Crippen molar-refractivity contribution >= 4 is 5.91 Å². The standard InChI is InChI=1S/C18H28N4O3/c1-2-21-4-3-16(15-17(21)23)18(24)22-9-7-19(8-10-22)5-6-20-11-13-25-14-12-20/h3-4,15H,2,5-14H2,1H3. The first-order valence-electron chi connectivity index (χ1n) is 9.19. The van der Waals surface area contributed by atoms with Gasteiger partial charge in [0.05, 0.1) is 13.2 Å². The zero-order valence-electron chi connectivity index (χ0n) is 15.0. The Morgan fingerprint density at radius 1 is 1.04 bits per heavy atom. The third-order valence-electron chi connectivity index (χ3n) is 5.08. The lowest BCUT2D eigenvalue weighted by molar-refractivity contribution is 0.0293. The molecule has 25 heavy (non-hydrogen) atoms. The van der Waals surface area contributed by atoms with Gasteiger partial charge >= 0.3 is 0 Å². The average Bonchev–Trinajstić information content (AvgIpc) is 2.67. The van der Waals surface area contributed by atoms with E-state index in [0.29, 0.717) is 12.1 Å². The third kappa shape index (κ3) is 4.68. The highest BCUT2D eigenvalue weighted by molar-refractivity contribution is 5.94. The van der Waals surface area contributed by atoms with Gasteiger partial charge in [-0.05, 0) is 13.0 Å². The van der Waals surface area contributed by atoms with Crippen LogP contribution in [0.2, 0.25) is 0 Å². The molecule has 0 spiro atoms. The molecule has 1 aromatic rings. The predicted octanol–water partition coefficient (Wildman–Crippen LogP) is -0.0418. The molecule has 0 radical (unpaired) electrons. The summed E-state index contributed by atoms with van der Waals surface area (Å²) >= 11 is 0. The molecular weight excluding hydrogens is 320 g/mol. The fraction of sp³-hybridized carbons (Fsp3) is 0.667. The summed E-state index contributed by atoms with van der Waals surface area (Å²) in [6.45, 7) is 11.6. The second kappa shape index (κ2) is 8.60. The molecule has 0 bridgehead atoms. The number of amides is 1. The van der Waals surface area contributed by atoms with Gasteiger partial charge in [-0.2, -0.15) is 0 Å². The van der Waals surface area contributed by atoms with Crippen molar-refractivity contribution in [3.05, 3.63) is 34.2 Å². The molecule has 0 atom stereocenters. The average molecular weight is 348 g/mol. The van der Waals surface area contributed by atoms with E-state index >= 15 is 0 Å². The van der Waals surface area contributed by atoms with Crippen molar-refractivity contribution in [1.29, 1.82) is 0 Å². The van der Waals surface area contributed by atoms with Crippen LogP contribution in [0, 0.1) is 0 Å². The van der Waals surface area contributed by atoms with Gasteiger partial charge in [0.15, 0.2) is 0 Å². The van der Waals surface area contributed by atoms with Gasteiger partial charge in [0.1, 0.15) is 0 Å². The van der Waals surface area contributed by atoms with Gasteiger partial charge in [-0.15, -0.1) is 0 Å². The first-order valence-corrected chi connectivity index (χ1v) is 9.19. The minimum Gasteiger partial charge on any atom is -0.379 e. The predicted molar refractivity (Wildman–Crippen MR) is 96.0 cm³/mol. The van der Waals surface area contributed by atoms with Crippen molar-refractivity contribution in [2.75, 3.05) is 65.6 Å². The first-order chi connectivity index (χ1) is 12.2. The highest BCUT2D eigenvalue weighted by atomic mass is 16.5. The Hall–Kier alpha value is -1.70. The second-order valence-electron chi connectivity index (χ2n) is 6.63. The van der Waals surface area contributed by atoms with E-state index in [4.69, 9.17) is 4.74 Å². The number of hydrogen-bond acceptors (Lipinski definition) is 5. The van der Waals surface area contributed by atoms with Gasteiger partial charge in [-0.25, -0.2) is 0 Å². The SMILES string of the molecule is CCn1ccc(C(=O)N2CCN(CCN3CCOCC3)CC2)cc1=O. The Kier molecular flexibility index (Phi) is 6.23. The Balaban J connectivity index is 1.47. The summed E-state index contributed by atoms with van der Waals surface area (Å²) in [6, 6.07) is 3.20. The summed E-state index contributed by atoms with van der Waals surface area (Å²) in [5, 5.41) is 0. The number of hydrogen-bond donors (Lipinski definition) is 0. The van der Waals surface area contributed by atoms with E-state index in [2.05, 4.69) is 9.80 Å². The molecule has 0 aliphatic carbocycles. The van der Waals surface area contributed by atoms with Crippen molar-refractivity contribution in [1.82, 2.24) is 19.3 Å². The van der Waals surface area contributed by atoms with Crippen LogP contribution in [-0.2, 0) is 11.3 Å². The zero-order chi connectivity index (χ0) is 17.6. The van der Waals surface area contributed by atoms with Crippen LogP contribution in [0.3, 0.4) is 0 Å². The number of carbonyl (C=O) groups excluding carboxylic acids is 1. The van der Waals surface area contributed by atoms with Crippen LogP contribution in [0.1, 0.15) is 17.3 Å². The molecule has 2 aliphatic heterocycles. The smallest absolute Gasteiger partial charge is 0.254 e. The van der Waals surface area contributed by atoms with Gasteiger partial charge in [-0.1, -0.05) is 0 Å². The molecular formula is C18H28N4O3. The summed E-state index contributed by atoms with van der Waals surface area (Å²) in [5.41, 5.74) is 0.383. The van der Waals surface area contributed by atoms with E-state index in [1.54, 1.807) is 16.8 Å². The van der Waals surface area contributed by atoms with Crippen LogP contribution in [-0.4, -0.2) is 90.7 Å². The molecule has 3 rings (SSSR count). The van der Waals surface area contributed by atoms with Gasteiger partial charge in [-0.3, -0.25) is 19.4 Å².